The molecule has 0 unspecified atom stereocenters. The number of aromatic nitrogens is 2. The molecule has 0 aliphatic heterocycles. The summed E-state index contributed by atoms with van der Waals surface area (Å²) >= 11 is 8.68. The molecule has 4 rings (SSSR count). The zero-order valence-corrected chi connectivity index (χ0v) is 17.8. The minimum Gasteiger partial charge on any atom is -0.324 e. The van der Waals surface area contributed by atoms with Gasteiger partial charge in [-0.2, -0.15) is 0 Å². The van der Waals surface area contributed by atoms with Gasteiger partial charge in [0.05, 0.1) is 27.7 Å². The third kappa shape index (κ3) is 4.22. The lowest BCUT2D eigenvalue weighted by Crippen LogP contribution is -2.22. The van der Waals surface area contributed by atoms with E-state index in [9.17, 15) is 9.59 Å². The van der Waals surface area contributed by atoms with Crippen molar-refractivity contribution in [2.75, 3.05) is 11.1 Å². The number of fused-ring (bicyclic) bond motifs is 1. The number of thiophene rings is 1. The van der Waals surface area contributed by atoms with Crippen molar-refractivity contribution in [1.82, 2.24) is 9.55 Å². The fourth-order valence-electron chi connectivity index (χ4n) is 2.86. The van der Waals surface area contributed by atoms with Gasteiger partial charge in [-0.1, -0.05) is 47.6 Å². The molecule has 0 fully saturated rings. The van der Waals surface area contributed by atoms with Crippen LogP contribution >= 0.6 is 34.7 Å². The summed E-state index contributed by atoms with van der Waals surface area (Å²) in [6, 6.07) is 16.5. The van der Waals surface area contributed by atoms with Crippen molar-refractivity contribution in [2.45, 2.75) is 12.1 Å². The second-order valence-corrected chi connectivity index (χ2v) is 8.59. The summed E-state index contributed by atoms with van der Waals surface area (Å²) in [5.41, 5.74) is 2.82. The Bertz CT molecular complexity index is 1270. The Hall–Kier alpha value is -2.61. The van der Waals surface area contributed by atoms with E-state index in [1.807, 2.05) is 42.6 Å². The lowest BCUT2D eigenvalue weighted by Gasteiger charge is -2.13. The number of rotatable bonds is 5. The summed E-state index contributed by atoms with van der Waals surface area (Å²) in [6.07, 6.45) is 0. The standard InChI is InChI=1S/C21H16ClN3O2S2/c1-13-5-4-6-14(11-13)25-20(27)19-17(9-10-28-19)24-21(25)29-12-18(26)23-16-8-3-2-7-15(16)22/h2-11H,12H2,1H3,(H,23,26). The maximum absolute atomic E-state index is 13.1. The summed E-state index contributed by atoms with van der Waals surface area (Å²) in [5.74, 6) is -0.127. The number of benzene rings is 2. The SMILES string of the molecule is Cc1cccc(-n2c(SCC(=O)Nc3ccccc3Cl)nc3ccsc3c2=O)c1. The van der Waals surface area contributed by atoms with E-state index in [0.29, 0.717) is 26.1 Å². The molecule has 0 bridgehead atoms. The number of carbonyl (C=O) groups is 1. The summed E-state index contributed by atoms with van der Waals surface area (Å²) in [4.78, 5) is 30.2. The van der Waals surface area contributed by atoms with Gasteiger partial charge in [0.25, 0.3) is 5.56 Å². The normalized spacial score (nSPS) is 11.0. The van der Waals surface area contributed by atoms with Crippen LogP contribution in [0.2, 0.25) is 5.02 Å². The van der Waals surface area contributed by atoms with Gasteiger partial charge < -0.3 is 5.32 Å². The van der Waals surface area contributed by atoms with Crippen molar-refractivity contribution in [3.05, 3.63) is 80.9 Å². The molecule has 2 heterocycles. The maximum Gasteiger partial charge on any atom is 0.276 e. The first-order valence-electron chi connectivity index (χ1n) is 8.77. The van der Waals surface area contributed by atoms with Gasteiger partial charge in [0.2, 0.25) is 5.91 Å². The molecule has 0 atom stereocenters. The van der Waals surface area contributed by atoms with Crippen molar-refractivity contribution in [1.29, 1.82) is 0 Å². The molecule has 29 heavy (non-hydrogen) atoms. The average molecular weight is 442 g/mol. The van der Waals surface area contributed by atoms with Crippen LogP contribution in [-0.4, -0.2) is 21.2 Å². The predicted octanol–water partition coefficient (Wildman–Crippen LogP) is 5.14. The van der Waals surface area contributed by atoms with Crippen LogP contribution in [0.1, 0.15) is 5.56 Å². The van der Waals surface area contributed by atoms with E-state index in [2.05, 4.69) is 10.3 Å². The van der Waals surface area contributed by atoms with Crippen molar-refractivity contribution < 1.29 is 4.79 Å². The molecule has 0 saturated heterocycles. The number of amides is 1. The highest BCUT2D eigenvalue weighted by Gasteiger charge is 2.16. The highest BCUT2D eigenvalue weighted by molar-refractivity contribution is 7.99. The van der Waals surface area contributed by atoms with Crippen LogP contribution in [0.25, 0.3) is 15.9 Å². The van der Waals surface area contributed by atoms with Gasteiger partial charge in [-0.25, -0.2) is 4.98 Å². The molecule has 2 aromatic carbocycles. The number of para-hydroxylation sites is 1. The van der Waals surface area contributed by atoms with Crippen molar-refractivity contribution in [3.8, 4) is 5.69 Å². The number of nitrogens with zero attached hydrogens (tertiary/aromatic N) is 2. The van der Waals surface area contributed by atoms with E-state index in [4.69, 9.17) is 11.6 Å². The summed E-state index contributed by atoms with van der Waals surface area (Å²) in [7, 11) is 0. The Morgan fingerprint density at radius 2 is 2.03 bits per heavy atom. The zero-order chi connectivity index (χ0) is 20.4. The van der Waals surface area contributed by atoms with E-state index < -0.39 is 0 Å². The first-order valence-corrected chi connectivity index (χ1v) is 11.0. The van der Waals surface area contributed by atoms with Gasteiger partial charge >= 0.3 is 0 Å². The third-order valence-electron chi connectivity index (χ3n) is 4.19. The van der Waals surface area contributed by atoms with Gasteiger partial charge in [0.15, 0.2) is 5.16 Å². The number of carbonyl (C=O) groups excluding carboxylic acids is 1. The van der Waals surface area contributed by atoms with Crippen LogP contribution in [0.5, 0.6) is 0 Å². The minimum absolute atomic E-state index is 0.0964. The van der Waals surface area contributed by atoms with E-state index in [-0.39, 0.29) is 17.2 Å². The van der Waals surface area contributed by atoms with E-state index in [1.54, 1.807) is 28.8 Å². The lowest BCUT2D eigenvalue weighted by atomic mass is 10.2. The van der Waals surface area contributed by atoms with Gasteiger partial charge in [-0.05, 0) is 48.2 Å². The molecular formula is C21H16ClN3O2S2. The molecule has 0 spiro atoms. The quantitative estimate of drug-likeness (QED) is 0.344. The first-order chi connectivity index (χ1) is 14.0. The van der Waals surface area contributed by atoms with Crippen molar-refractivity contribution in [3.63, 3.8) is 0 Å². The summed E-state index contributed by atoms with van der Waals surface area (Å²) in [5, 5.41) is 5.58. The molecule has 2 aromatic heterocycles. The van der Waals surface area contributed by atoms with Gasteiger partial charge in [-0.15, -0.1) is 11.3 Å². The van der Waals surface area contributed by atoms with Gasteiger partial charge in [-0.3, -0.25) is 14.2 Å². The Morgan fingerprint density at radius 3 is 2.83 bits per heavy atom. The number of aryl methyl sites for hydroxylation is 1. The summed E-state index contributed by atoms with van der Waals surface area (Å²) in [6.45, 7) is 1.97. The Kier molecular flexibility index (Phi) is 5.71. The topological polar surface area (TPSA) is 64.0 Å². The Balaban J connectivity index is 1.66. The van der Waals surface area contributed by atoms with Gasteiger partial charge in [0, 0.05) is 0 Å². The molecule has 0 saturated carbocycles. The minimum atomic E-state index is -0.224. The predicted molar refractivity (Wildman–Crippen MR) is 121 cm³/mol. The van der Waals surface area contributed by atoms with E-state index in [0.717, 1.165) is 11.3 Å². The first kappa shape index (κ1) is 19.7. The second-order valence-electron chi connectivity index (χ2n) is 6.33. The Labute approximate surface area is 180 Å². The van der Waals surface area contributed by atoms with Crippen LogP contribution in [0, 0.1) is 6.92 Å². The monoisotopic (exact) mass is 441 g/mol. The van der Waals surface area contributed by atoms with Crippen molar-refractivity contribution in [2.24, 2.45) is 0 Å². The number of hydrogen-bond donors (Lipinski definition) is 1. The highest BCUT2D eigenvalue weighted by atomic mass is 35.5. The fraction of sp³-hybridized carbons (Fsp3) is 0.0952. The average Bonchev–Trinajstić information content (AvgIpc) is 3.17. The number of nitrogens with one attached hydrogen (secondary N) is 1. The molecule has 1 N–H and O–H groups in total. The molecule has 1 amide bonds. The van der Waals surface area contributed by atoms with E-state index >= 15 is 0 Å². The molecule has 0 radical (unpaired) electrons. The maximum atomic E-state index is 13.1. The van der Waals surface area contributed by atoms with Crippen LogP contribution in [0.15, 0.2) is 69.9 Å². The molecule has 4 aromatic rings. The molecular weight excluding hydrogens is 426 g/mol. The largest absolute Gasteiger partial charge is 0.324 e. The van der Waals surface area contributed by atoms with Crippen LogP contribution < -0.4 is 10.9 Å². The van der Waals surface area contributed by atoms with Crippen molar-refractivity contribution >= 4 is 56.5 Å². The molecule has 0 aliphatic rings. The third-order valence-corrected chi connectivity index (χ3v) is 6.35. The lowest BCUT2D eigenvalue weighted by molar-refractivity contribution is -0.113. The van der Waals surface area contributed by atoms with Crippen LogP contribution in [-0.2, 0) is 4.79 Å². The Morgan fingerprint density at radius 1 is 1.21 bits per heavy atom. The number of hydrogen-bond acceptors (Lipinski definition) is 5. The van der Waals surface area contributed by atoms with Crippen LogP contribution in [0.4, 0.5) is 5.69 Å². The molecule has 0 aliphatic carbocycles. The molecule has 8 heteroatoms. The van der Waals surface area contributed by atoms with Gasteiger partial charge in [0.1, 0.15) is 4.70 Å². The molecule has 5 nitrogen and oxygen atoms in total. The fourth-order valence-corrected chi connectivity index (χ4v) is 4.62. The zero-order valence-electron chi connectivity index (χ0n) is 15.4. The van der Waals surface area contributed by atoms with Crippen LogP contribution in [0.3, 0.4) is 0 Å². The number of thioether (sulfide) groups is 1. The number of halogens is 1. The molecule has 146 valence electrons. The number of anilines is 1. The van der Waals surface area contributed by atoms with E-state index in [1.165, 1.54) is 23.1 Å². The smallest absolute Gasteiger partial charge is 0.276 e. The highest BCUT2D eigenvalue weighted by Crippen LogP contribution is 2.25. The summed E-state index contributed by atoms with van der Waals surface area (Å²) < 4.78 is 2.16. The second kappa shape index (κ2) is 8.41.